The maximum Gasteiger partial charge on any atom is 0.0664 e. The van der Waals surface area contributed by atoms with Crippen LogP contribution in [-0.2, 0) is 0 Å². The molecule has 2 unspecified atom stereocenters. The Hall–Kier alpha value is -0.250. The SMILES string of the molecule is CC(C)(C)C1CCCCC1(CO)Nc1ccc(Cl)c(Br)c1. The van der Waals surface area contributed by atoms with Crippen LogP contribution in [0.2, 0.25) is 5.02 Å². The van der Waals surface area contributed by atoms with E-state index in [2.05, 4.69) is 42.0 Å². The van der Waals surface area contributed by atoms with Crippen LogP contribution in [0.3, 0.4) is 0 Å². The Morgan fingerprint density at radius 2 is 2.10 bits per heavy atom. The van der Waals surface area contributed by atoms with Gasteiger partial charge in [0.15, 0.2) is 0 Å². The minimum Gasteiger partial charge on any atom is -0.394 e. The van der Waals surface area contributed by atoms with E-state index in [0.717, 1.165) is 29.4 Å². The second-order valence-electron chi connectivity index (χ2n) is 7.23. The molecule has 2 N–H and O–H groups in total. The van der Waals surface area contributed by atoms with Crippen LogP contribution in [0.25, 0.3) is 0 Å². The molecule has 0 saturated heterocycles. The summed E-state index contributed by atoms with van der Waals surface area (Å²) >= 11 is 9.54. The van der Waals surface area contributed by atoms with Gasteiger partial charge in [-0.2, -0.15) is 0 Å². The van der Waals surface area contributed by atoms with E-state index in [-0.39, 0.29) is 17.6 Å². The first-order valence-corrected chi connectivity index (χ1v) is 8.80. The number of aliphatic hydroxyl groups is 1. The predicted octanol–water partition coefficient (Wildman–Crippen LogP) is 5.48. The summed E-state index contributed by atoms with van der Waals surface area (Å²) in [4.78, 5) is 0. The summed E-state index contributed by atoms with van der Waals surface area (Å²) in [6, 6.07) is 5.86. The van der Waals surface area contributed by atoms with E-state index in [4.69, 9.17) is 11.6 Å². The lowest BCUT2D eigenvalue weighted by Crippen LogP contribution is -2.55. The van der Waals surface area contributed by atoms with Crippen LogP contribution in [0.15, 0.2) is 22.7 Å². The van der Waals surface area contributed by atoms with Crippen LogP contribution in [-0.4, -0.2) is 17.3 Å². The highest BCUT2D eigenvalue weighted by molar-refractivity contribution is 9.10. The third-order valence-corrected chi connectivity index (χ3v) is 5.89. The van der Waals surface area contributed by atoms with E-state index in [1.54, 1.807) is 0 Å². The molecule has 118 valence electrons. The zero-order valence-electron chi connectivity index (χ0n) is 13.0. The molecule has 4 heteroatoms. The maximum absolute atomic E-state index is 10.2. The number of rotatable bonds is 3. The Bertz CT molecular complexity index is 500. The second kappa shape index (κ2) is 6.47. The Balaban J connectivity index is 2.32. The van der Waals surface area contributed by atoms with E-state index in [1.165, 1.54) is 6.42 Å². The minimum absolute atomic E-state index is 0.162. The number of nitrogens with one attached hydrogen (secondary N) is 1. The fourth-order valence-electron chi connectivity index (χ4n) is 3.74. The van der Waals surface area contributed by atoms with Gasteiger partial charge in [-0.15, -0.1) is 0 Å². The van der Waals surface area contributed by atoms with Gasteiger partial charge in [0.05, 0.1) is 17.2 Å². The summed E-state index contributed by atoms with van der Waals surface area (Å²) in [6.45, 7) is 6.97. The molecule has 0 bridgehead atoms. The molecular weight excluding hydrogens is 350 g/mol. The Morgan fingerprint density at radius 3 is 2.67 bits per heavy atom. The highest BCUT2D eigenvalue weighted by Crippen LogP contribution is 2.46. The van der Waals surface area contributed by atoms with Crippen molar-refractivity contribution in [1.29, 1.82) is 0 Å². The number of anilines is 1. The predicted molar refractivity (Wildman–Crippen MR) is 94.0 cm³/mol. The van der Waals surface area contributed by atoms with Crippen molar-refractivity contribution in [2.24, 2.45) is 11.3 Å². The average molecular weight is 375 g/mol. The van der Waals surface area contributed by atoms with Gasteiger partial charge in [-0.05, 0) is 58.3 Å². The smallest absolute Gasteiger partial charge is 0.0664 e. The van der Waals surface area contributed by atoms with Gasteiger partial charge < -0.3 is 10.4 Å². The lowest BCUT2D eigenvalue weighted by molar-refractivity contribution is 0.0484. The second-order valence-corrected chi connectivity index (χ2v) is 8.49. The summed E-state index contributed by atoms with van der Waals surface area (Å²) in [5.41, 5.74) is 0.931. The molecule has 1 saturated carbocycles. The molecule has 1 aromatic carbocycles. The van der Waals surface area contributed by atoms with Gasteiger partial charge >= 0.3 is 0 Å². The normalized spacial score (nSPS) is 26.7. The first-order chi connectivity index (χ1) is 9.78. The zero-order chi connectivity index (χ0) is 15.7. The summed E-state index contributed by atoms with van der Waals surface area (Å²) in [5, 5.41) is 14.5. The van der Waals surface area contributed by atoms with Crippen molar-refractivity contribution in [3.8, 4) is 0 Å². The van der Waals surface area contributed by atoms with Crippen LogP contribution < -0.4 is 5.32 Å². The minimum atomic E-state index is -0.246. The Labute approximate surface area is 141 Å². The number of aliphatic hydroxyl groups excluding tert-OH is 1. The van der Waals surface area contributed by atoms with Gasteiger partial charge in [0.25, 0.3) is 0 Å². The monoisotopic (exact) mass is 373 g/mol. The molecule has 1 fully saturated rings. The largest absolute Gasteiger partial charge is 0.394 e. The molecule has 2 rings (SSSR count). The molecule has 0 aromatic heterocycles. The van der Waals surface area contributed by atoms with Crippen LogP contribution >= 0.6 is 27.5 Å². The fraction of sp³-hybridized carbons (Fsp3) is 0.647. The number of hydrogen-bond acceptors (Lipinski definition) is 2. The van der Waals surface area contributed by atoms with Crippen molar-refractivity contribution in [3.63, 3.8) is 0 Å². The van der Waals surface area contributed by atoms with Gasteiger partial charge in [-0.3, -0.25) is 0 Å². The quantitative estimate of drug-likeness (QED) is 0.734. The van der Waals surface area contributed by atoms with Crippen molar-refractivity contribution >= 4 is 33.2 Å². The molecule has 0 spiro atoms. The van der Waals surface area contributed by atoms with Gasteiger partial charge in [0.1, 0.15) is 0 Å². The molecule has 1 aliphatic carbocycles. The molecule has 0 aliphatic heterocycles. The summed E-state index contributed by atoms with van der Waals surface area (Å²) in [7, 11) is 0. The van der Waals surface area contributed by atoms with Crippen LogP contribution in [0.1, 0.15) is 46.5 Å². The van der Waals surface area contributed by atoms with Crippen LogP contribution in [0.4, 0.5) is 5.69 Å². The number of benzene rings is 1. The van der Waals surface area contributed by atoms with Crippen molar-refractivity contribution in [1.82, 2.24) is 0 Å². The van der Waals surface area contributed by atoms with Crippen LogP contribution in [0, 0.1) is 11.3 Å². The summed E-state index contributed by atoms with van der Waals surface area (Å²) in [5.74, 6) is 0.443. The van der Waals surface area contributed by atoms with Gasteiger partial charge in [-0.1, -0.05) is 45.2 Å². The zero-order valence-corrected chi connectivity index (χ0v) is 15.4. The van der Waals surface area contributed by atoms with Crippen molar-refractivity contribution in [2.45, 2.75) is 52.0 Å². The van der Waals surface area contributed by atoms with E-state index < -0.39 is 0 Å². The molecule has 0 amide bonds. The van der Waals surface area contributed by atoms with Gasteiger partial charge in [-0.25, -0.2) is 0 Å². The fourth-order valence-corrected chi connectivity index (χ4v) is 4.24. The molecule has 0 radical (unpaired) electrons. The lowest BCUT2D eigenvalue weighted by Gasteiger charge is -2.50. The topological polar surface area (TPSA) is 32.3 Å². The highest BCUT2D eigenvalue weighted by Gasteiger charge is 2.45. The maximum atomic E-state index is 10.2. The highest BCUT2D eigenvalue weighted by atomic mass is 79.9. The Kier molecular flexibility index (Phi) is 5.27. The average Bonchev–Trinajstić information content (AvgIpc) is 2.42. The molecule has 2 nitrogen and oxygen atoms in total. The van der Waals surface area contributed by atoms with E-state index in [9.17, 15) is 5.11 Å². The first-order valence-electron chi connectivity index (χ1n) is 7.62. The van der Waals surface area contributed by atoms with E-state index in [0.29, 0.717) is 10.9 Å². The molecular formula is C17H25BrClNO. The lowest BCUT2D eigenvalue weighted by atomic mass is 9.62. The Morgan fingerprint density at radius 1 is 1.38 bits per heavy atom. The van der Waals surface area contributed by atoms with Gasteiger partial charge in [0.2, 0.25) is 0 Å². The standard InChI is InChI=1S/C17H25BrClNO/c1-16(2,3)15-6-4-5-9-17(15,11-21)20-12-7-8-14(19)13(18)10-12/h7-8,10,15,20-21H,4-6,9,11H2,1-3H3. The number of halogens is 2. The van der Waals surface area contributed by atoms with Crippen LogP contribution in [0.5, 0.6) is 0 Å². The third kappa shape index (κ3) is 3.75. The van der Waals surface area contributed by atoms with Gasteiger partial charge in [0, 0.05) is 10.2 Å². The number of hydrogen-bond donors (Lipinski definition) is 2. The molecule has 1 aliphatic rings. The van der Waals surface area contributed by atoms with E-state index >= 15 is 0 Å². The molecule has 0 heterocycles. The van der Waals surface area contributed by atoms with Crippen molar-refractivity contribution < 1.29 is 5.11 Å². The summed E-state index contributed by atoms with van der Waals surface area (Å²) < 4.78 is 0.880. The van der Waals surface area contributed by atoms with Crippen molar-refractivity contribution in [3.05, 3.63) is 27.7 Å². The molecule has 21 heavy (non-hydrogen) atoms. The first kappa shape index (κ1) is 17.1. The molecule has 1 aromatic rings. The third-order valence-electron chi connectivity index (χ3n) is 4.67. The van der Waals surface area contributed by atoms with E-state index in [1.807, 2.05) is 18.2 Å². The summed E-state index contributed by atoms with van der Waals surface area (Å²) in [6.07, 6.45) is 4.57. The van der Waals surface area contributed by atoms with Crippen molar-refractivity contribution in [2.75, 3.05) is 11.9 Å². The molecule has 2 atom stereocenters.